The third-order valence-corrected chi connectivity index (χ3v) is 5.71. The first kappa shape index (κ1) is 23.4. The van der Waals surface area contributed by atoms with E-state index in [9.17, 15) is 28.2 Å². The second-order valence-corrected chi connectivity index (χ2v) is 8.68. The van der Waals surface area contributed by atoms with Crippen molar-refractivity contribution in [2.45, 2.75) is 19.3 Å². The van der Waals surface area contributed by atoms with Gasteiger partial charge in [0.25, 0.3) is 0 Å². The van der Waals surface area contributed by atoms with E-state index in [1.54, 1.807) is 16.7 Å². The minimum atomic E-state index is -1.15. The molecule has 0 aliphatic carbocycles. The fourth-order valence-electron chi connectivity index (χ4n) is 4.41. The number of halogens is 3. The van der Waals surface area contributed by atoms with Gasteiger partial charge in [-0.2, -0.15) is 0 Å². The lowest BCUT2D eigenvalue weighted by atomic mass is 9.84. The van der Waals surface area contributed by atoms with Crippen molar-refractivity contribution in [3.05, 3.63) is 83.3 Å². The summed E-state index contributed by atoms with van der Waals surface area (Å²) in [4.78, 5) is 11.6. The topological polar surface area (TPSA) is 71.7 Å². The normalized spacial score (nSPS) is 11.8. The van der Waals surface area contributed by atoms with Gasteiger partial charge >= 0.3 is 5.97 Å². The molecule has 0 atom stereocenters. The summed E-state index contributed by atoms with van der Waals surface area (Å²) < 4.78 is 49.5. The largest absolute Gasteiger partial charge is 0.506 e. The lowest BCUT2D eigenvalue weighted by Crippen LogP contribution is -2.27. The van der Waals surface area contributed by atoms with Crippen molar-refractivity contribution in [3.8, 4) is 22.6 Å². The number of carbonyl (C=O) groups is 1. The number of methoxy groups -OCH3 is 1. The van der Waals surface area contributed by atoms with Gasteiger partial charge in [-0.25, -0.2) is 18.0 Å². The molecule has 1 aromatic heterocycles. The average Bonchev–Trinajstić information content (AvgIpc) is 3.12. The smallest absolute Gasteiger partial charge is 0.335 e. The number of nitrogens with zero attached hydrogens (tertiary/aromatic N) is 1. The van der Waals surface area contributed by atoms with Crippen LogP contribution < -0.4 is 0 Å². The first-order valence-corrected chi connectivity index (χ1v) is 10.4. The molecule has 0 aliphatic heterocycles. The Morgan fingerprint density at radius 2 is 1.76 bits per heavy atom. The molecule has 0 aliphatic rings. The molecule has 4 aromatic rings. The number of phenols is 1. The van der Waals surface area contributed by atoms with Gasteiger partial charge < -0.3 is 19.5 Å². The maximum absolute atomic E-state index is 14.5. The van der Waals surface area contributed by atoms with E-state index in [0.717, 1.165) is 18.2 Å². The number of hydrogen-bond donors (Lipinski definition) is 2. The number of fused-ring (bicyclic) bond motifs is 1. The Hall–Kier alpha value is -3.78. The van der Waals surface area contributed by atoms with Crippen LogP contribution in [0.3, 0.4) is 0 Å². The summed E-state index contributed by atoms with van der Waals surface area (Å²) in [6.07, 6.45) is 0. The van der Waals surface area contributed by atoms with Crippen LogP contribution in [-0.2, 0) is 10.2 Å². The predicted molar refractivity (Wildman–Crippen MR) is 122 cm³/mol. The molecule has 2 N–H and O–H groups in total. The lowest BCUT2D eigenvalue weighted by molar-refractivity contribution is 0.0697. The third-order valence-electron chi connectivity index (χ3n) is 5.71. The van der Waals surface area contributed by atoms with Crippen LogP contribution in [0.1, 0.15) is 29.9 Å². The van der Waals surface area contributed by atoms with Crippen LogP contribution in [0.25, 0.3) is 27.7 Å². The second kappa shape index (κ2) is 8.53. The van der Waals surface area contributed by atoms with E-state index in [1.807, 2.05) is 13.8 Å². The Morgan fingerprint density at radius 3 is 2.41 bits per heavy atom. The SMILES string of the molecule is COCC(C)(C)c1c(-c2ccc(F)c(F)c2)c2cc(F)cc(O)c2n1-c1cccc(C(=O)O)c1. The van der Waals surface area contributed by atoms with Crippen LogP contribution in [0.4, 0.5) is 13.2 Å². The Morgan fingerprint density at radius 1 is 1.03 bits per heavy atom. The molecule has 0 unspecified atom stereocenters. The molecule has 0 bridgehead atoms. The van der Waals surface area contributed by atoms with Crippen LogP contribution in [-0.4, -0.2) is 34.5 Å². The van der Waals surface area contributed by atoms with Crippen molar-refractivity contribution in [2.24, 2.45) is 0 Å². The van der Waals surface area contributed by atoms with Gasteiger partial charge in [0.2, 0.25) is 0 Å². The number of aromatic carboxylic acids is 1. The van der Waals surface area contributed by atoms with E-state index in [2.05, 4.69) is 0 Å². The number of hydrogen-bond acceptors (Lipinski definition) is 3. The molecule has 0 radical (unpaired) electrons. The highest BCUT2D eigenvalue weighted by Gasteiger charge is 2.33. The number of ether oxygens (including phenoxy) is 1. The lowest BCUT2D eigenvalue weighted by Gasteiger charge is -2.28. The van der Waals surface area contributed by atoms with Gasteiger partial charge in [-0.15, -0.1) is 0 Å². The van der Waals surface area contributed by atoms with Gasteiger partial charge in [-0.3, -0.25) is 0 Å². The molecule has 34 heavy (non-hydrogen) atoms. The first-order valence-electron chi connectivity index (χ1n) is 10.4. The molecule has 0 saturated heterocycles. The Labute approximate surface area is 193 Å². The molecular formula is C26H22F3NO4. The van der Waals surface area contributed by atoms with Crippen LogP contribution in [0.15, 0.2) is 54.6 Å². The van der Waals surface area contributed by atoms with Crippen molar-refractivity contribution < 1.29 is 32.9 Å². The Kier molecular flexibility index (Phi) is 5.87. The molecule has 0 spiro atoms. The standard InChI is InChI=1S/C26H22F3NO4/c1-26(2,13-34-3)24-22(14-7-8-19(28)20(29)10-14)18-11-16(27)12-21(31)23(18)30(24)17-6-4-5-15(9-17)25(32)33/h4-12,31H,13H2,1-3H3,(H,32,33). The summed E-state index contributed by atoms with van der Waals surface area (Å²) in [6, 6.07) is 11.6. The first-order chi connectivity index (χ1) is 16.0. The fourth-order valence-corrected chi connectivity index (χ4v) is 4.41. The van der Waals surface area contributed by atoms with Crippen molar-refractivity contribution in [3.63, 3.8) is 0 Å². The monoisotopic (exact) mass is 469 g/mol. The van der Waals surface area contributed by atoms with Crippen molar-refractivity contribution in [1.82, 2.24) is 4.57 Å². The molecule has 5 nitrogen and oxygen atoms in total. The van der Waals surface area contributed by atoms with E-state index in [1.165, 1.54) is 31.4 Å². The van der Waals surface area contributed by atoms with E-state index in [4.69, 9.17) is 4.74 Å². The van der Waals surface area contributed by atoms with Crippen LogP contribution in [0, 0.1) is 17.5 Å². The summed E-state index contributed by atoms with van der Waals surface area (Å²) in [5.74, 6) is -4.37. The van der Waals surface area contributed by atoms with Gasteiger partial charge in [0.15, 0.2) is 11.6 Å². The fraction of sp³-hybridized carbons (Fsp3) is 0.192. The maximum Gasteiger partial charge on any atom is 0.335 e. The van der Waals surface area contributed by atoms with Crippen LogP contribution >= 0.6 is 0 Å². The molecule has 4 rings (SSSR count). The minimum absolute atomic E-state index is 0.00539. The van der Waals surface area contributed by atoms with Crippen LogP contribution in [0.2, 0.25) is 0 Å². The zero-order valence-corrected chi connectivity index (χ0v) is 18.7. The van der Waals surface area contributed by atoms with Crippen molar-refractivity contribution in [1.29, 1.82) is 0 Å². The summed E-state index contributed by atoms with van der Waals surface area (Å²) in [6.45, 7) is 3.87. The second-order valence-electron chi connectivity index (χ2n) is 8.68. The number of aromatic nitrogens is 1. The Balaban J connectivity index is 2.24. The van der Waals surface area contributed by atoms with E-state index >= 15 is 0 Å². The zero-order chi connectivity index (χ0) is 24.8. The number of carboxylic acid groups (broad SMARTS) is 1. The third kappa shape index (κ3) is 3.90. The van der Waals surface area contributed by atoms with Crippen molar-refractivity contribution >= 4 is 16.9 Å². The van der Waals surface area contributed by atoms with E-state index in [0.29, 0.717) is 16.9 Å². The van der Waals surface area contributed by atoms with Gasteiger partial charge in [0.05, 0.1) is 17.7 Å². The maximum atomic E-state index is 14.5. The Bertz CT molecular complexity index is 1430. The number of benzene rings is 3. The highest BCUT2D eigenvalue weighted by atomic mass is 19.2. The summed E-state index contributed by atoms with van der Waals surface area (Å²) in [5.41, 5.74) is 0.927. The molecule has 1 heterocycles. The van der Waals surface area contributed by atoms with E-state index in [-0.39, 0.29) is 34.4 Å². The summed E-state index contributed by atoms with van der Waals surface area (Å²) in [5, 5.41) is 20.6. The van der Waals surface area contributed by atoms with Crippen molar-refractivity contribution in [2.75, 3.05) is 13.7 Å². The molecule has 176 valence electrons. The van der Waals surface area contributed by atoms with Gasteiger partial charge in [-0.05, 0) is 42.0 Å². The highest BCUT2D eigenvalue weighted by Crippen LogP contribution is 2.46. The molecule has 0 amide bonds. The molecule has 0 fully saturated rings. The van der Waals surface area contributed by atoms with E-state index < -0.39 is 28.8 Å². The number of rotatable bonds is 6. The number of phenolic OH excluding ortho intramolecular Hbond substituents is 1. The van der Waals surface area contributed by atoms with Gasteiger partial charge in [0, 0.05) is 40.9 Å². The quantitative estimate of drug-likeness (QED) is 0.361. The summed E-state index contributed by atoms with van der Waals surface area (Å²) >= 11 is 0. The minimum Gasteiger partial charge on any atom is -0.506 e. The van der Waals surface area contributed by atoms with Gasteiger partial charge in [0.1, 0.15) is 11.6 Å². The highest BCUT2D eigenvalue weighted by molar-refractivity contribution is 6.02. The molecule has 8 heteroatoms. The zero-order valence-electron chi connectivity index (χ0n) is 18.7. The number of aromatic hydroxyl groups is 1. The predicted octanol–water partition coefficient (Wildman–Crippen LogP) is 6.04. The van der Waals surface area contributed by atoms with Gasteiger partial charge in [-0.1, -0.05) is 26.0 Å². The average molecular weight is 469 g/mol. The summed E-state index contributed by atoms with van der Waals surface area (Å²) in [7, 11) is 1.51. The molecular weight excluding hydrogens is 447 g/mol. The molecule has 3 aromatic carbocycles. The molecule has 0 saturated carbocycles. The van der Waals surface area contributed by atoms with Crippen LogP contribution in [0.5, 0.6) is 5.75 Å². The number of carboxylic acids is 1.